The van der Waals surface area contributed by atoms with Gasteiger partial charge in [0.1, 0.15) is 23.1 Å². The predicted octanol–water partition coefficient (Wildman–Crippen LogP) is 10.5. The summed E-state index contributed by atoms with van der Waals surface area (Å²) in [4.78, 5) is 156. The van der Waals surface area contributed by atoms with Crippen molar-refractivity contribution in [3.63, 3.8) is 0 Å². The Morgan fingerprint density at radius 1 is 0.260 bits per heavy atom. The number of hydrogen-bond acceptors (Lipinski definition) is 16. The van der Waals surface area contributed by atoms with Crippen molar-refractivity contribution in [2.24, 2.45) is 0 Å². The maximum atomic E-state index is 12.5. The van der Waals surface area contributed by atoms with E-state index in [2.05, 4.69) is 84.6 Å². The molecule has 4 fully saturated rings. The molecule has 556 valence electrons. The van der Waals surface area contributed by atoms with Crippen molar-refractivity contribution >= 4 is 70.9 Å². The number of Topliss-reactive ketones (excluding diaryl/α,β-unsaturated/α-hetero) is 4. The highest BCUT2D eigenvalue weighted by molar-refractivity contribution is 5.97. The summed E-state index contributed by atoms with van der Waals surface area (Å²) in [5.74, 6) is -0.0679. The zero-order valence-electron chi connectivity index (χ0n) is 60.7. The minimum atomic E-state index is -0.835. The largest absolute Gasteiger partial charge is 0.334 e. The van der Waals surface area contributed by atoms with Crippen molar-refractivity contribution in [2.75, 3.05) is 0 Å². The molecule has 28 nitrogen and oxygen atoms in total. The molecule has 0 unspecified atom stereocenters. The highest BCUT2D eigenvalue weighted by atomic mass is 16.2. The van der Waals surface area contributed by atoms with Crippen molar-refractivity contribution in [3.8, 4) is 0 Å². The van der Waals surface area contributed by atoms with Gasteiger partial charge < -0.3 is 21.3 Å². The number of amides is 12. The number of urea groups is 4. The van der Waals surface area contributed by atoms with Crippen molar-refractivity contribution in [2.45, 2.75) is 206 Å². The first-order chi connectivity index (χ1) is 49.5. The van der Waals surface area contributed by atoms with Crippen LogP contribution in [0.1, 0.15) is 247 Å². The Bertz CT molecular complexity index is 3310. The molecule has 6 aromatic rings. The van der Waals surface area contributed by atoms with Gasteiger partial charge in [-0.15, -0.1) is 0 Å². The predicted molar refractivity (Wildman–Crippen MR) is 391 cm³/mol. The average molecular weight is 1430 g/mol. The minimum absolute atomic E-state index is 0.350. The van der Waals surface area contributed by atoms with Gasteiger partial charge in [-0.3, -0.25) is 80.0 Å². The zero-order valence-corrected chi connectivity index (χ0v) is 60.7. The zero-order chi connectivity index (χ0) is 76.0. The van der Waals surface area contributed by atoms with E-state index in [4.69, 9.17) is 0 Å². The number of hydrogen-bond donors (Lipinski definition) is 12. The lowest BCUT2D eigenvalue weighted by Crippen LogP contribution is -2.53. The molecule has 0 spiro atoms. The third-order valence-electron chi connectivity index (χ3n) is 16.9. The summed E-state index contributed by atoms with van der Waals surface area (Å²) in [5, 5.41) is 11.3. The van der Waals surface area contributed by atoms with Crippen LogP contribution >= 0.6 is 0 Å². The summed E-state index contributed by atoms with van der Waals surface area (Å²) in [6, 6.07) is 24.4. The van der Waals surface area contributed by atoms with E-state index >= 15 is 0 Å². The van der Waals surface area contributed by atoms with Crippen LogP contribution < -0.4 is 64.7 Å². The molecule has 2 aromatic carbocycles. The SMILES string of the molecule is CC(C)(NC(=O)NNC(=O)c1ccncc1)c1cccc(C(C)(C)NC(=O)NNC(=O)c2ccncc2)c1.CC(C)(NC(=O)NNC(=O)c1ccncc1)c1cccc(C(C)(C)NC(=O)NNC(=O)c2ccncc2)c1.O=C1CCCCC1.O=C1CCCCC1.O=C1CCCCC1.O=C1CCCCC1. The Hall–Kier alpha value is -11.3. The Kier molecular flexibility index (Phi) is 34.3. The first-order valence-electron chi connectivity index (χ1n) is 35.0. The normalized spacial score (nSPS) is 14.2. The average Bonchev–Trinajstić information content (AvgIpc) is 0.809. The molecule has 4 saturated carbocycles. The van der Waals surface area contributed by atoms with Crippen molar-refractivity contribution < 1.29 is 57.5 Å². The molecule has 0 radical (unpaired) electrons. The molecule has 104 heavy (non-hydrogen) atoms. The summed E-state index contributed by atoms with van der Waals surface area (Å²) in [6.07, 6.45) is 32.8. The number of carbonyl (C=O) groups excluding carboxylic acids is 12. The third kappa shape index (κ3) is 31.3. The molecule has 28 heteroatoms. The van der Waals surface area contributed by atoms with Gasteiger partial charge in [-0.1, -0.05) is 74.2 Å². The summed E-state index contributed by atoms with van der Waals surface area (Å²) in [7, 11) is 0. The third-order valence-corrected chi connectivity index (χ3v) is 16.9. The lowest BCUT2D eigenvalue weighted by Gasteiger charge is -2.31. The van der Waals surface area contributed by atoms with Gasteiger partial charge in [0.15, 0.2) is 0 Å². The Labute approximate surface area is 607 Å². The van der Waals surface area contributed by atoms with E-state index in [1.807, 2.05) is 48.5 Å². The van der Waals surface area contributed by atoms with Crippen molar-refractivity contribution in [1.82, 2.24) is 84.6 Å². The van der Waals surface area contributed by atoms with E-state index in [1.165, 1.54) is 124 Å². The minimum Gasteiger partial charge on any atom is -0.328 e. The second kappa shape index (κ2) is 42.8. The standard InChI is InChI=1S/2C26H30N8O4.4C6H10O/c2*1-25(2,29-23(37)33-31-21(35)17-8-12-27-13-9-17)19-6-5-7-20(16-19)26(3,4)30-24(38)34-32-22(36)18-10-14-28-15-11-18;4*7-6-4-2-1-3-5-6/h2*5-16H,1-4H3,(H,31,35)(H,32,36)(H2,29,33,37)(H2,30,34,38);4*1-5H2. The Morgan fingerprint density at radius 3 is 0.587 bits per heavy atom. The van der Waals surface area contributed by atoms with Gasteiger partial charge in [-0.05, 0) is 178 Å². The first-order valence-corrected chi connectivity index (χ1v) is 35.0. The number of ketones is 4. The molecule has 4 aliphatic rings. The highest BCUT2D eigenvalue weighted by Crippen LogP contribution is 2.29. The van der Waals surface area contributed by atoms with Crippen LogP contribution in [0.3, 0.4) is 0 Å². The number of rotatable bonds is 12. The fourth-order valence-electron chi connectivity index (χ4n) is 10.7. The Morgan fingerprint density at radius 2 is 0.433 bits per heavy atom. The highest BCUT2D eigenvalue weighted by Gasteiger charge is 2.30. The molecule has 0 atom stereocenters. The topological polar surface area (TPSA) is 401 Å². The maximum absolute atomic E-state index is 12.5. The van der Waals surface area contributed by atoms with E-state index in [9.17, 15) is 57.5 Å². The lowest BCUT2D eigenvalue weighted by atomic mass is 9.87. The summed E-state index contributed by atoms with van der Waals surface area (Å²) < 4.78 is 0. The van der Waals surface area contributed by atoms with Gasteiger partial charge in [-0.2, -0.15) is 0 Å². The number of nitrogens with zero attached hydrogens (tertiary/aromatic N) is 4. The second-order valence-electron chi connectivity index (χ2n) is 27.1. The molecule has 12 N–H and O–H groups in total. The molecule has 10 rings (SSSR count). The van der Waals surface area contributed by atoms with Crippen LogP contribution in [0.25, 0.3) is 0 Å². The number of hydrazine groups is 4. The van der Waals surface area contributed by atoms with E-state index in [0.29, 0.717) is 45.4 Å². The van der Waals surface area contributed by atoms with E-state index < -0.39 is 69.9 Å². The molecule has 0 bridgehead atoms. The maximum Gasteiger partial charge on any atom is 0.334 e. The first kappa shape index (κ1) is 83.3. The van der Waals surface area contributed by atoms with E-state index in [-0.39, 0.29) is 0 Å². The number of aromatic nitrogens is 4. The van der Waals surface area contributed by atoms with Crippen LogP contribution in [0.15, 0.2) is 147 Å². The molecular weight excluding hydrogens is 1330 g/mol. The number of benzene rings is 2. The van der Waals surface area contributed by atoms with Crippen LogP contribution in [0.4, 0.5) is 19.2 Å². The van der Waals surface area contributed by atoms with E-state index in [1.54, 1.807) is 55.4 Å². The molecule has 0 aliphatic heterocycles. The molecular formula is C76H100N16O12. The smallest absolute Gasteiger partial charge is 0.328 e. The van der Waals surface area contributed by atoms with Crippen LogP contribution in [-0.4, -0.2) is 90.8 Å². The van der Waals surface area contributed by atoms with Crippen LogP contribution in [0, 0.1) is 0 Å². The second-order valence-corrected chi connectivity index (χ2v) is 27.1. The number of pyridine rings is 4. The van der Waals surface area contributed by atoms with Crippen LogP contribution in [0.2, 0.25) is 0 Å². The summed E-state index contributed by atoms with van der Waals surface area (Å²) in [5.41, 5.74) is 19.8. The fraction of sp³-hybridized carbons (Fsp3) is 0.421. The molecule has 4 aliphatic carbocycles. The van der Waals surface area contributed by atoms with E-state index in [0.717, 1.165) is 125 Å². The van der Waals surface area contributed by atoms with Gasteiger partial charge >= 0.3 is 24.1 Å². The van der Waals surface area contributed by atoms with Gasteiger partial charge in [0.25, 0.3) is 23.6 Å². The van der Waals surface area contributed by atoms with Gasteiger partial charge in [0.05, 0.1) is 22.2 Å². The van der Waals surface area contributed by atoms with Crippen LogP contribution in [0.5, 0.6) is 0 Å². The molecule has 4 heterocycles. The van der Waals surface area contributed by atoms with Gasteiger partial charge in [0, 0.05) is 123 Å². The van der Waals surface area contributed by atoms with Crippen molar-refractivity contribution in [3.05, 3.63) is 191 Å². The molecule has 0 saturated heterocycles. The fourth-order valence-corrected chi connectivity index (χ4v) is 10.7. The number of nitrogens with one attached hydrogen (secondary N) is 12. The van der Waals surface area contributed by atoms with Gasteiger partial charge in [-0.25, -0.2) is 40.9 Å². The lowest BCUT2D eigenvalue weighted by molar-refractivity contribution is -0.121. The van der Waals surface area contributed by atoms with Gasteiger partial charge in [0.2, 0.25) is 0 Å². The quantitative estimate of drug-likeness (QED) is 0.0507. The van der Waals surface area contributed by atoms with Crippen molar-refractivity contribution in [1.29, 1.82) is 0 Å². The Balaban J connectivity index is 0.000000270. The molecule has 12 amide bonds. The summed E-state index contributed by atoms with van der Waals surface area (Å²) >= 11 is 0. The summed E-state index contributed by atoms with van der Waals surface area (Å²) in [6.45, 7) is 14.4. The monoisotopic (exact) mass is 1430 g/mol. The van der Waals surface area contributed by atoms with Crippen LogP contribution in [-0.2, 0) is 41.3 Å². The number of carbonyl (C=O) groups is 12. The molecule has 4 aromatic heterocycles.